The van der Waals surface area contributed by atoms with Crippen molar-refractivity contribution in [2.24, 2.45) is 11.8 Å². The third-order valence-electron chi connectivity index (χ3n) is 3.54. The molecule has 0 aromatic heterocycles. The van der Waals surface area contributed by atoms with Crippen LogP contribution >= 0.6 is 0 Å². The predicted octanol–water partition coefficient (Wildman–Crippen LogP) is 2.34. The van der Waals surface area contributed by atoms with E-state index >= 15 is 0 Å². The molecule has 2 saturated carbocycles. The van der Waals surface area contributed by atoms with Gasteiger partial charge in [-0.05, 0) is 24.7 Å². The fraction of sp³-hybridized carbons (Fsp3) is 1.00. The van der Waals surface area contributed by atoms with E-state index in [4.69, 9.17) is 0 Å². The van der Waals surface area contributed by atoms with Crippen LogP contribution in [0.4, 0.5) is 0 Å². The normalized spacial score (nSPS) is 40.1. The molecule has 0 radical (unpaired) electrons. The van der Waals surface area contributed by atoms with Crippen molar-refractivity contribution in [2.45, 2.75) is 51.0 Å². The van der Waals surface area contributed by atoms with Crippen LogP contribution in [0.25, 0.3) is 0 Å². The van der Waals surface area contributed by atoms with Crippen molar-refractivity contribution < 1.29 is 5.11 Å². The molecule has 1 nitrogen and oxygen atoms in total. The molecule has 2 fully saturated rings. The van der Waals surface area contributed by atoms with Gasteiger partial charge in [-0.2, -0.15) is 0 Å². The first-order valence-corrected chi connectivity index (χ1v) is 5.06. The number of rotatable bonds is 1. The van der Waals surface area contributed by atoms with E-state index in [0.717, 1.165) is 12.3 Å². The Morgan fingerprint density at radius 2 is 1.55 bits per heavy atom. The lowest BCUT2D eigenvalue weighted by molar-refractivity contribution is 0.0994. The van der Waals surface area contributed by atoms with Gasteiger partial charge in [-0.25, -0.2) is 0 Å². The molecule has 64 valence electrons. The highest BCUT2D eigenvalue weighted by Crippen LogP contribution is 2.40. The van der Waals surface area contributed by atoms with E-state index in [2.05, 4.69) is 0 Å². The van der Waals surface area contributed by atoms with Crippen molar-refractivity contribution in [2.75, 3.05) is 0 Å². The number of aliphatic hydroxyl groups excluding tert-OH is 1. The van der Waals surface area contributed by atoms with Gasteiger partial charge in [0.05, 0.1) is 6.10 Å². The van der Waals surface area contributed by atoms with Crippen LogP contribution in [0.15, 0.2) is 0 Å². The third kappa shape index (κ3) is 1.44. The molecule has 2 aliphatic carbocycles. The maximum absolute atomic E-state index is 9.65. The van der Waals surface area contributed by atoms with E-state index in [-0.39, 0.29) is 6.10 Å². The zero-order valence-corrected chi connectivity index (χ0v) is 7.13. The standard InChI is InChI=1S/C10H18O/c11-10-7-3-6-9(10)8-4-1-2-5-8/h8-11H,1-7H2/t9-,10+/m1/s1. The summed E-state index contributed by atoms with van der Waals surface area (Å²) in [6.07, 6.45) is 9.29. The van der Waals surface area contributed by atoms with Gasteiger partial charge in [0.2, 0.25) is 0 Å². The molecule has 0 heterocycles. The van der Waals surface area contributed by atoms with Crippen LogP contribution in [0, 0.1) is 11.8 Å². The summed E-state index contributed by atoms with van der Waals surface area (Å²) < 4.78 is 0. The summed E-state index contributed by atoms with van der Waals surface area (Å²) in [7, 11) is 0. The second kappa shape index (κ2) is 3.14. The molecule has 0 aromatic rings. The summed E-state index contributed by atoms with van der Waals surface area (Å²) in [4.78, 5) is 0. The Labute approximate surface area is 68.8 Å². The molecule has 11 heavy (non-hydrogen) atoms. The van der Waals surface area contributed by atoms with E-state index in [1.807, 2.05) is 0 Å². The molecule has 0 spiro atoms. The lowest BCUT2D eigenvalue weighted by Crippen LogP contribution is -2.20. The molecule has 2 atom stereocenters. The highest BCUT2D eigenvalue weighted by atomic mass is 16.3. The first kappa shape index (κ1) is 7.60. The van der Waals surface area contributed by atoms with Gasteiger partial charge in [0, 0.05) is 0 Å². The fourth-order valence-electron chi connectivity index (χ4n) is 2.90. The smallest absolute Gasteiger partial charge is 0.0571 e. The molecule has 2 aliphatic rings. The van der Waals surface area contributed by atoms with Crippen LogP contribution < -0.4 is 0 Å². The average Bonchev–Trinajstić information content (AvgIpc) is 2.55. The van der Waals surface area contributed by atoms with Crippen molar-refractivity contribution in [3.8, 4) is 0 Å². The average molecular weight is 154 g/mol. The van der Waals surface area contributed by atoms with Crippen molar-refractivity contribution in [1.82, 2.24) is 0 Å². The molecule has 2 rings (SSSR count). The topological polar surface area (TPSA) is 20.2 Å². The molecule has 1 heteroatoms. The van der Waals surface area contributed by atoms with Gasteiger partial charge in [0.25, 0.3) is 0 Å². The molecule has 0 unspecified atom stereocenters. The molecule has 0 saturated heterocycles. The molecule has 0 bridgehead atoms. The van der Waals surface area contributed by atoms with E-state index in [9.17, 15) is 5.11 Å². The molecule has 0 amide bonds. The Balaban J connectivity index is 1.92. The third-order valence-corrected chi connectivity index (χ3v) is 3.54. The van der Waals surface area contributed by atoms with E-state index in [0.29, 0.717) is 5.92 Å². The van der Waals surface area contributed by atoms with Gasteiger partial charge in [-0.3, -0.25) is 0 Å². The summed E-state index contributed by atoms with van der Waals surface area (Å²) in [5.41, 5.74) is 0. The van der Waals surface area contributed by atoms with Crippen LogP contribution in [-0.2, 0) is 0 Å². The maximum atomic E-state index is 9.65. The summed E-state index contributed by atoms with van der Waals surface area (Å²) >= 11 is 0. The minimum absolute atomic E-state index is 0.0538. The van der Waals surface area contributed by atoms with E-state index in [1.165, 1.54) is 38.5 Å². The van der Waals surface area contributed by atoms with Gasteiger partial charge in [0.1, 0.15) is 0 Å². The number of aliphatic hydroxyl groups is 1. The van der Waals surface area contributed by atoms with Crippen molar-refractivity contribution in [3.63, 3.8) is 0 Å². The minimum Gasteiger partial charge on any atom is -0.393 e. The summed E-state index contributed by atoms with van der Waals surface area (Å²) in [6, 6.07) is 0. The van der Waals surface area contributed by atoms with Crippen molar-refractivity contribution >= 4 is 0 Å². The summed E-state index contributed by atoms with van der Waals surface area (Å²) in [5, 5.41) is 9.65. The van der Waals surface area contributed by atoms with E-state index in [1.54, 1.807) is 0 Å². The van der Waals surface area contributed by atoms with Crippen LogP contribution in [0.2, 0.25) is 0 Å². The van der Waals surface area contributed by atoms with Gasteiger partial charge in [-0.1, -0.05) is 32.1 Å². The Kier molecular flexibility index (Phi) is 2.17. The predicted molar refractivity (Wildman–Crippen MR) is 45.3 cm³/mol. The Morgan fingerprint density at radius 3 is 2.09 bits per heavy atom. The Bertz CT molecular complexity index is 127. The first-order valence-electron chi connectivity index (χ1n) is 5.06. The van der Waals surface area contributed by atoms with Crippen LogP contribution in [0.3, 0.4) is 0 Å². The quantitative estimate of drug-likeness (QED) is 0.614. The van der Waals surface area contributed by atoms with Crippen LogP contribution in [0.5, 0.6) is 0 Å². The highest BCUT2D eigenvalue weighted by molar-refractivity contribution is 4.84. The fourth-order valence-corrected chi connectivity index (χ4v) is 2.90. The Hall–Kier alpha value is -0.0400. The summed E-state index contributed by atoms with van der Waals surface area (Å²) in [6.45, 7) is 0. The maximum Gasteiger partial charge on any atom is 0.0571 e. The molecular formula is C10H18O. The first-order chi connectivity index (χ1) is 5.38. The van der Waals surface area contributed by atoms with Crippen LogP contribution in [-0.4, -0.2) is 11.2 Å². The summed E-state index contributed by atoms with van der Waals surface area (Å²) in [5.74, 6) is 1.56. The second-order valence-electron chi connectivity index (χ2n) is 4.21. The van der Waals surface area contributed by atoms with Gasteiger partial charge < -0.3 is 5.11 Å². The van der Waals surface area contributed by atoms with Gasteiger partial charge in [0.15, 0.2) is 0 Å². The van der Waals surface area contributed by atoms with Gasteiger partial charge in [-0.15, -0.1) is 0 Å². The SMILES string of the molecule is O[C@H]1CCC[C@@H]1C1CCCC1. The monoisotopic (exact) mass is 154 g/mol. The number of hydrogen-bond donors (Lipinski definition) is 1. The lowest BCUT2D eigenvalue weighted by atomic mass is 9.88. The molecular weight excluding hydrogens is 136 g/mol. The minimum atomic E-state index is 0.0538. The van der Waals surface area contributed by atoms with Crippen LogP contribution in [0.1, 0.15) is 44.9 Å². The van der Waals surface area contributed by atoms with E-state index < -0.39 is 0 Å². The lowest BCUT2D eigenvalue weighted by Gasteiger charge is -2.21. The largest absolute Gasteiger partial charge is 0.393 e. The zero-order valence-electron chi connectivity index (χ0n) is 7.13. The van der Waals surface area contributed by atoms with Crippen molar-refractivity contribution in [3.05, 3.63) is 0 Å². The van der Waals surface area contributed by atoms with Gasteiger partial charge >= 0.3 is 0 Å². The Morgan fingerprint density at radius 1 is 0.818 bits per heavy atom. The second-order valence-corrected chi connectivity index (χ2v) is 4.21. The zero-order chi connectivity index (χ0) is 7.68. The highest BCUT2D eigenvalue weighted by Gasteiger charge is 2.33. The number of hydrogen-bond acceptors (Lipinski definition) is 1. The molecule has 1 N–H and O–H groups in total. The molecule has 0 aliphatic heterocycles. The van der Waals surface area contributed by atoms with Crippen molar-refractivity contribution in [1.29, 1.82) is 0 Å². The molecule has 0 aromatic carbocycles.